The molecule has 0 fully saturated rings. The molecule has 0 bridgehead atoms. The maximum atomic E-state index is 12.4. The van der Waals surface area contributed by atoms with E-state index in [1.54, 1.807) is 0 Å². The number of nitro benzene ring substituents is 1. The van der Waals surface area contributed by atoms with Gasteiger partial charge in [-0.15, -0.1) is 0 Å². The van der Waals surface area contributed by atoms with Crippen LogP contribution in [-0.2, 0) is 0 Å². The zero-order valence-corrected chi connectivity index (χ0v) is 11.4. The lowest BCUT2D eigenvalue weighted by atomic mass is 10.0. The number of hydrogen-bond donors (Lipinski definition) is 2. The Hall–Kier alpha value is -3.22. The molecule has 2 aromatic rings. The summed E-state index contributed by atoms with van der Waals surface area (Å²) < 4.78 is 0. The van der Waals surface area contributed by atoms with Crippen molar-refractivity contribution in [1.82, 2.24) is 0 Å². The van der Waals surface area contributed by atoms with Gasteiger partial charge in [0.15, 0.2) is 11.5 Å². The van der Waals surface area contributed by atoms with E-state index in [1.165, 1.54) is 31.2 Å². The monoisotopic (exact) mass is 301 g/mol. The van der Waals surface area contributed by atoms with E-state index < -0.39 is 27.6 Å². The van der Waals surface area contributed by atoms with Crippen molar-refractivity contribution in [1.29, 1.82) is 0 Å². The highest BCUT2D eigenvalue weighted by Crippen LogP contribution is 2.23. The van der Waals surface area contributed by atoms with Crippen molar-refractivity contribution >= 4 is 11.5 Å². The molecule has 0 radical (unpaired) electrons. The normalized spacial score (nSPS) is 10.2. The predicted octanol–water partition coefficient (Wildman–Crippen LogP) is 1.91. The fraction of sp³-hybridized carbons (Fsp3) is 0.0667. The minimum atomic E-state index is -0.842. The first kappa shape index (κ1) is 15.2. The van der Waals surface area contributed by atoms with Gasteiger partial charge in [0.25, 0.3) is 5.69 Å². The summed E-state index contributed by atoms with van der Waals surface area (Å²) >= 11 is 0. The molecule has 0 aliphatic heterocycles. The van der Waals surface area contributed by atoms with E-state index in [1.807, 2.05) is 0 Å². The number of aryl methyl sites for hydroxylation is 1. The Labute approximate surface area is 124 Å². The SMILES string of the molecule is Cc1cc(=O)c(O)c(O)cc1C(=O)c1ccc([N+](=O)[O-])cc1. The molecule has 112 valence electrons. The zero-order chi connectivity index (χ0) is 16.4. The number of nitrogens with zero attached hydrogens (tertiary/aromatic N) is 1. The van der Waals surface area contributed by atoms with Crippen molar-refractivity contribution in [2.24, 2.45) is 0 Å². The van der Waals surface area contributed by atoms with Crippen LogP contribution in [0.2, 0.25) is 0 Å². The molecule has 7 heteroatoms. The van der Waals surface area contributed by atoms with Gasteiger partial charge in [-0.1, -0.05) is 0 Å². The summed E-state index contributed by atoms with van der Waals surface area (Å²) in [6.07, 6.45) is 0. The summed E-state index contributed by atoms with van der Waals surface area (Å²) in [5.41, 5.74) is -0.522. The van der Waals surface area contributed by atoms with Gasteiger partial charge in [-0.05, 0) is 36.8 Å². The third-order valence-electron chi connectivity index (χ3n) is 3.11. The molecule has 22 heavy (non-hydrogen) atoms. The van der Waals surface area contributed by atoms with Gasteiger partial charge in [-0.25, -0.2) is 0 Å². The average Bonchev–Trinajstić information content (AvgIpc) is 2.58. The molecule has 2 aromatic carbocycles. The Bertz CT molecular complexity index is 827. The maximum Gasteiger partial charge on any atom is 0.269 e. The number of rotatable bonds is 3. The molecule has 0 saturated carbocycles. The summed E-state index contributed by atoms with van der Waals surface area (Å²) in [6.45, 7) is 1.49. The molecule has 2 N–H and O–H groups in total. The lowest BCUT2D eigenvalue weighted by molar-refractivity contribution is -0.384. The summed E-state index contributed by atoms with van der Waals surface area (Å²) in [6, 6.07) is 6.96. The number of carbonyl (C=O) groups is 1. The Balaban J connectivity index is 2.55. The largest absolute Gasteiger partial charge is 0.504 e. The van der Waals surface area contributed by atoms with Crippen LogP contribution in [0.4, 0.5) is 5.69 Å². The molecule has 2 rings (SSSR count). The number of benzene rings is 1. The van der Waals surface area contributed by atoms with Crippen LogP contribution in [0.25, 0.3) is 0 Å². The van der Waals surface area contributed by atoms with Crippen LogP contribution >= 0.6 is 0 Å². The van der Waals surface area contributed by atoms with E-state index in [2.05, 4.69) is 0 Å². The van der Waals surface area contributed by atoms with Crippen LogP contribution in [0.3, 0.4) is 0 Å². The quantitative estimate of drug-likeness (QED) is 0.508. The van der Waals surface area contributed by atoms with Gasteiger partial charge in [-0.3, -0.25) is 19.7 Å². The second-order valence-electron chi connectivity index (χ2n) is 4.62. The average molecular weight is 301 g/mol. The van der Waals surface area contributed by atoms with E-state index in [9.17, 15) is 29.9 Å². The second kappa shape index (κ2) is 5.65. The standard InChI is InChI=1S/C15H11NO6/c1-8-6-12(17)15(20)13(18)7-11(8)14(19)9-2-4-10(5-3-9)16(21)22/h2-7H,1H3,(H2,17,18,20). The molecule has 0 heterocycles. The smallest absolute Gasteiger partial charge is 0.269 e. The molecule has 7 nitrogen and oxygen atoms in total. The summed E-state index contributed by atoms with van der Waals surface area (Å²) in [4.78, 5) is 33.9. The lowest BCUT2D eigenvalue weighted by Gasteiger charge is -2.02. The van der Waals surface area contributed by atoms with E-state index in [4.69, 9.17) is 0 Å². The van der Waals surface area contributed by atoms with E-state index in [0.29, 0.717) is 0 Å². The summed E-state index contributed by atoms with van der Waals surface area (Å²) in [7, 11) is 0. The molecule has 0 aromatic heterocycles. The molecule has 0 atom stereocenters. The Morgan fingerprint density at radius 1 is 1.14 bits per heavy atom. The van der Waals surface area contributed by atoms with E-state index in [-0.39, 0.29) is 22.4 Å². The fourth-order valence-corrected chi connectivity index (χ4v) is 1.92. The first-order valence-corrected chi connectivity index (χ1v) is 6.17. The second-order valence-corrected chi connectivity index (χ2v) is 4.62. The van der Waals surface area contributed by atoms with Crippen molar-refractivity contribution in [2.75, 3.05) is 0 Å². The minimum Gasteiger partial charge on any atom is -0.504 e. The Kier molecular flexibility index (Phi) is 3.89. The predicted molar refractivity (Wildman–Crippen MR) is 77.3 cm³/mol. The van der Waals surface area contributed by atoms with Gasteiger partial charge >= 0.3 is 0 Å². The van der Waals surface area contributed by atoms with Crippen LogP contribution in [0, 0.1) is 17.0 Å². The number of aromatic hydroxyl groups is 2. The van der Waals surface area contributed by atoms with Crippen molar-refractivity contribution < 1.29 is 19.9 Å². The van der Waals surface area contributed by atoms with Gasteiger partial charge in [-0.2, -0.15) is 0 Å². The van der Waals surface area contributed by atoms with Crippen molar-refractivity contribution in [3.8, 4) is 11.5 Å². The number of ketones is 1. The van der Waals surface area contributed by atoms with Gasteiger partial charge < -0.3 is 10.2 Å². The Morgan fingerprint density at radius 3 is 2.27 bits per heavy atom. The number of carbonyl (C=O) groups excluding carboxylic acids is 1. The van der Waals surface area contributed by atoms with Crippen LogP contribution in [-0.4, -0.2) is 20.9 Å². The first-order valence-electron chi connectivity index (χ1n) is 6.17. The minimum absolute atomic E-state index is 0.0174. The molecule has 0 amide bonds. The molecular formula is C15H11NO6. The van der Waals surface area contributed by atoms with Crippen LogP contribution < -0.4 is 5.43 Å². The van der Waals surface area contributed by atoms with Gasteiger partial charge in [0.2, 0.25) is 11.2 Å². The lowest BCUT2D eigenvalue weighted by Crippen LogP contribution is -2.03. The summed E-state index contributed by atoms with van der Waals surface area (Å²) in [5.74, 6) is -2.08. The topological polar surface area (TPSA) is 118 Å². The number of non-ortho nitro benzene ring substituents is 1. The van der Waals surface area contributed by atoms with Crippen LogP contribution in [0.15, 0.2) is 41.2 Å². The van der Waals surface area contributed by atoms with Crippen molar-refractivity contribution in [3.63, 3.8) is 0 Å². The first-order chi connectivity index (χ1) is 10.3. The number of hydrogen-bond acceptors (Lipinski definition) is 6. The highest BCUT2D eigenvalue weighted by atomic mass is 16.6. The number of nitro groups is 1. The fourth-order valence-electron chi connectivity index (χ4n) is 1.92. The molecule has 0 saturated heterocycles. The van der Waals surface area contributed by atoms with Gasteiger partial charge in [0.1, 0.15) is 0 Å². The zero-order valence-electron chi connectivity index (χ0n) is 11.4. The highest BCUT2D eigenvalue weighted by Gasteiger charge is 2.16. The van der Waals surface area contributed by atoms with Crippen molar-refractivity contribution in [3.05, 3.63) is 73.4 Å². The molecule has 0 spiro atoms. The molecule has 0 unspecified atom stereocenters. The van der Waals surface area contributed by atoms with Gasteiger partial charge in [0.05, 0.1) is 4.92 Å². The highest BCUT2D eigenvalue weighted by molar-refractivity contribution is 6.10. The van der Waals surface area contributed by atoms with Crippen LogP contribution in [0.5, 0.6) is 11.5 Å². The third-order valence-corrected chi connectivity index (χ3v) is 3.11. The Morgan fingerprint density at radius 2 is 1.73 bits per heavy atom. The third kappa shape index (κ3) is 2.78. The van der Waals surface area contributed by atoms with Crippen molar-refractivity contribution in [2.45, 2.75) is 6.92 Å². The van der Waals surface area contributed by atoms with Crippen LogP contribution in [0.1, 0.15) is 21.5 Å². The maximum absolute atomic E-state index is 12.4. The summed E-state index contributed by atoms with van der Waals surface area (Å²) in [5, 5.41) is 29.6. The van der Waals surface area contributed by atoms with E-state index in [0.717, 1.165) is 12.1 Å². The van der Waals surface area contributed by atoms with Gasteiger partial charge in [0, 0.05) is 23.3 Å². The molecular weight excluding hydrogens is 290 g/mol. The molecule has 0 aliphatic carbocycles. The molecule has 0 aliphatic rings. The van der Waals surface area contributed by atoms with E-state index >= 15 is 0 Å².